The summed E-state index contributed by atoms with van der Waals surface area (Å²) < 4.78 is 20.0. The number of hydrogen-bond donors (Lipinski definition) is 2. The lowest BCUT2D eigenvalue weighted by Crippen LogP contribution is -2.34. The second-order valence-electron chi connectivity index (χ2n) is 7.79. The number of fused-ring (bicyclic) bond motifs is 1. The first kappa shape index (κ1) is 19.6. The molecule has 9 heteroatoms. The Morgan fingerprint density at radius 1 is 1.28 bits per heavy atom. The molecule has 0 spiro atoms. The Labute approximate surface area is 167 Å². The molecule has 1 aliphatic carbocycles. The minimum Gasteiger partial charge on any atom is -0.442 e. The highest BCUT2D eigenvalue weighted by atomic mass is 19.1. The number of likely N-dealkylation sites (tertiary alicyclic amines) is 1. The van der Waals surface area contributed by atoms with Gasteiger partial charge in [0.05, 0.1) is 18.8 Å². The molecule has 29 heavy (non-hydrogen) atoms. The molecular weight excluding hydrogens is 381 g/mol. The van der Waals surface area contributed by atoms with E-state index in [1.165, 1.54) is 11.0 Å². The van der Waals surface area contributed by atoms with Crippen LogP contribution in [0.15, 0.2) is 18.2 Å². The van der Waals surface area contributed by atoms with Crippen molar-refractivity contribution in [1.29, 1.82) is 0 Å². The summed E-state index contributed by atoms with van der Waals surface area (Å²) in [6.45, 7) is 2.79. The minimum absolute atomic E-state index is 0.0642. The van der Waals surface area contributed by atoms with E-state index in [-0.39, 0.29) is 48.5 Å². The van der Waals surface area contributed by atoms with Crippen molar-refractivity contribution in [2.75, 3.05) is 37.7 Å². The molecule has 0 radical (unpaired) electrons. The first-order valence-corrected chi connectivity index (χ1v) is 9.85. The summed E-state index contributed by atoms with van der Waals surface area (Å²) in [5.41, 5.74) is 1.02. The van der Waals surface area contributed by atoms with Crippen molar-refractivity contribution in [2.24, 2.45) is 11.8 Å². The first-order valence-electron chi connectivity index (χ1n) is 9.85. The molecule has 2 aliphatic heterocycles. The lowest BCUT2D eigenvalue weighted by Gasteiger charge is -2.19. The molecule has 0 bridgehead atoms. The zero-order valence-electron chi connectivity index (χ0n) is 16.1. The lowest BCUT2D eigenvalue weighted by atomic mass is 10.0. The Morgan fingerprint density at radius 2 is 2.00 bits per heavy atom. The molecule has 1 aromatic carbocycles. The Hall–Kier alpha value is -2.68. The van der Waals surface area contributed by atoms with Crippen molar-refractivity contribution in [3.05, 3.63) is 29.6 Å². The van der Waals surface area contributed by atoms with Crippen LogP contribution in [-0.2, 0) is 14.3 Å². The van der Waals surface area contributed by atoms with Crippen LogP contribution in [0.4, 0.5) is 14.9 Å². The minimum atomic E-state index is -0.561. The number of amides is 3. The third kappa shape index (κ3) is 3.66. The number of benzene rings is 1. The molecule has 8 nitrogen and oxygen atoms in total. The van der Waals surface area contributed by atoms with Gasteiger partial charge in [-0.3, -0.25) is 14.5 Å². The van der Waals surface area contributed by atoms with Crippen molar-refractivity contribution in [2.45, 2.75) is 25.4 Å². The number of nitrogens with one attached hydrogen (secondary N) is 1. The van der Waals surface area contributed by atoms with Gasteiger partial charge in [-0.2, -0.15) is 0 Å². The van der Waals surface area contributed by atoms with Crippen LogP contribution in [0.25, 0.3) is 0 Å². The van der Waals surface area contributed by atoms with Gasteiger partial charge < -0.3 is 20.1 Å². The number of hydrogen-bond acceptors (Lipinski definition) is 5. The van der Waals surface area contributed by atoms with Crippen molar-refractivity contribution in [1.82, 2.24) is 10.2 Å². The van der Waals surface area contributed by atoms with Crippen LogP contribution in [0, 0.1) is 17.7 Å². The quantitative estimate of drug-likeness (QED) is 0.731. The summed E-state index contributed by atoms with van der Waals surface area (Å²) >= 11 is 0. The molecule has 2 heterocycles. The van der Waals surface area contributed by atoms with Crippen molar-refractivity contribution >= 4 is 23.6 Å². The second-order valence-corrected chi connectivity index (χ2v) is 7.79. The van der Waals surface area contributed by atoms with Gasteiger partial charge in [0, 0.05) is 19.5 Å². The number of ether oxygens (including phenoxy) is 1. The van der Waals surface area contributed by atoms with Gasteiger partial charge in [-0.1, -0.05) is 13.0 Å². The van der Waals surface area contributed by atoms with Crippen molar-refractivity contribution in [3.8, 4) is 0 Å². The average Bonchev–Trinajstić information content (AvgIpc) is 3.05. The van der Waals surface area contributed by atoms with E-state index < -0.39 is 18.8 Å². The number of nitrogens with zero attached hydrogens (tertiary/aromatic N) is 2. The van der Waals surface area contributed by atoms with Crippen LogP contribution in [-0.4, -0.2) is 66.8 Å². The molecule has 3 aliphatic rings. The number of halogens is 1. The van der Waals surface area contributed by atoms with E-state index >= 15 is 0 Å². The molecule has 3 amide bonds. The number of anilines is 1. The summed E-state index contributed by atoms with van der Waals surface area (Å²) in [7, 11) is 0. The Morgan fingerprint density at radius 3 is 2.62 bits per heavy atom. The van der Waals surface area contributed by atoms with Gasteiger partial charge in [0.15, 0.2) is 0 Å². The number of carbonyl (C=O) groups excluding carboxylic acids is 3. The molecule has 1 saturated carbocycles. The second kappa shape index (κ2) is 7.62. The van der Waals surface area contributed by atoms with Crippen molar-refractivity contribution in [3.63, 3.8) is 0 Å². The zero-order chi connectivity index (χ0) is 20.7. The van der Waals surface area contributed by atoms with E-state index in [9.17, 15) is 18.8 Å². The predicted octanol–water partition coefficient (Wildman–Crippen LogP) is 0.841. The highest BCUT2D eigenvalue weighted by Gasteiger charge is 2.57. The highest BCUT2D eigenvalue weighted by molar-refractivity contribution is 5.90. The summed E-state index contributed by atoms with van der Waals surface area (Å²) in [6, 6.07) is 4.75. The standard InChI is InChI=1S/C20H24FN3O5/c1-2-17(26)22-6-12-7-24(20(28)29-12)11-3-4-13(16(21)5-11)19-14-8-23(9-15(14)19)18(27)10-25/h3-5,12,14-15,19,25H,2,6-10H2,1H3,(H,22,26)/t12-,14-,15+,19?/m0/s1. The molecule has 156 valence electrons. The van der Waals surface area contributed by atoms with Gasteiger partial charge in [0.2, 0.25) is 11.8 Å². The van der Waals surface area contributed by atoms with E-state index in [1.807, 2.05) is 0 Å². The normalized spacial score (nSPS) is 27.6. The van der Waals surface area contributed by atoms with E-state index in [1.54, 1.807) is 24.0 Å². The van der Waals surface area contributed by atoms with Crippen LogP contribution in [0.1, 0.15) is 24.8 Å². The highest BCUT2D eigenvalue weighted by Crippen LogP contribution is 2.58. The molecule has 2 N–H and O–H groups in total. The molecule has 4 atom stereocenters. The average molecular weight is 405 g/mol. The summed E-state index contributed by atoms with van der Waals surface area (Å²) in [6.07, 6.45) is -0.681. The van der Waals surface area contributed by atoms with Crippen LogP contribution in [0.2, 0.25) is 0 Å². The van der Waals surface area contributed by atoms with Crippen LogP contribution in [0.3, 0.4) is 0 Å². The monoisotopic (exact) mass is 405 g/mol. The number of cyclic esters (lactones) is 1. The maximum atomic E-state index is 14.8. The third-order valence-corrected chi connectivity index (χ3v) is 6.06. The smallest absolute Gasteiger partial charge is 0.414 e. The van der Waals surface area contributed by atoms with Gasteiger partial charge in [-0.25, -0.2) is 9.18 Å². The fourth-order valence-corrected chi connectivity index (χ4v) is 4.44. The van der Waals surface area contributed by atoms with Gasteiger partial charge >= 0.3 is 6.09 Å². The molecule has 4 rings (SSSR count). The van der Waals surface area contributed by atoms with Crippen molar-refractivity contribution < 1.29 is 28.6 Å². The molecular formula is C20H24FN3O5. The van der Waals surface area contributed by atoms with E-state index in [0.717, 1.165) is 0 Å². The molecule has 3 fully saturated rings. The van der Waals surface area contributed by atoms with E-state index in [2.05, 4.69) is 5.32 Å². The van der Waals surface area contributed by atoms with E-state index in [4.69, 9.17) is 9.84 Å². The van der Waals surface area contributed by atoms with Gasteiger partial charge in [-0.15, -0.1) is 0 Å². The molecule has 0 aromatic heterocycles. The number of aliphatic hydroxyl groups excluding tert-OH is 1. The van der Waals surface area contributed by atoms with Gasteiger partial charge in [0.25, 0.3) is 0 Å². The number of aliphatic hydroxyl groups is 1. The largest absolute Gasteiger partial charge is 0.442 e. The van der Waals surface area contributed by atoms with Gasteiger partial charge in [-0.05, 0) is 35.4 Å². The Kier molecular flexibility index (Phi) is 5.16. The summed E-state index contributed by atoms with van der Waals surface area (Å²) in [5.74, 6) is -0.289. The fourth-order valence-electron chi connectivity index (χ4n) is 4.44. The Balaban J connectivity index is 1.38. The van der Waals surface area contributed by atoms with E-state index in [0.29, 0.717) is 30.8 Å². The maximum absolute atomic E-state index is 14.8. The SMILES string of the molecule is CCC(=O)NC[C@H]1CN(c2ccc(C3[C@H]4CN(C(=O)CO)C[C@@H]34)c(F)c2)C(=O)O1. The number of rotatable bonds is 6. The summed E-state index contributed by atoms with van der Waals surface area (Å²) in [4.78, 5) is 38.1. The molecule has 1 unspecified atom stereocenters. The third-order valence-electron chi connectivity index (χ3n) is 6.06. The molecule has 2 saturated heterocycles. The molecule has 1 aromatic rings. The number of piperidine rings is 1. The zero-order valence-corrected chi connectivity index (χ0v) is 16.1. The topological polar surface area (TPSA) is 99.2 Å². The van der Waals surface area contributed by atoms with Crippen LogP contribution < -0.4 is 10.2 Å². The lowest BCUT2D eigenvalue weighted by molar-refractivity contribution is -0.133. The van der Waals surface area contributed by atoms with Crippen LogP contribution in [0.5, 0.6) is 0 Å². The first-order chi connectivity index (χ1) is 13.9. The number of carbonyl (C=O) groups is 3. The maximum Gasteiger partial charge on any atom is 0.414 e. The predicted molar refractivity (Wildman–Crippen MR) is 101 cm³/mol. The summed E-state index contributed by atoms with van der Waals surface area (Å²) in [5, 5.41) is 11.6. The fraction of sp³-hybridized carbons (Fsp3) is 0.550. The Bertz CT molecular complexity index is 835. The van der Waals surface area contributed by atoms with Crippen LogP contribution >= 0.6 is 0 Å². The van der Waals surface area contributed by atoms with Gasteiger partial charge in [0.1, 0.15) is 18.5 Å².